The number of fused-ring (bicyclic) bond motifs is 1. The van der Waals surface area contributed by atoms with E-state index in [1.165, 1.54) is 13.2 Å². The number of hydrogen-bond donors (Lipinski definition) is 1. The topological polar surface area (TPSA) is 64.3 Å². The van der Waals surface area contributed by atoms with Crippen LogP contribution >= 0.6 is 0 Å². The first-order valence-corrected chi connectivity index (χ1v) is 7.56. The fourth-order valence-corrected chi connectivity index (χ4v) is 2.57. The Labute approximate surface area is 139 Å². The Hall–Kier alpha value is -3.08. The number of carbonyl (C=O) groups is 1. The summed E-state index contributed by atoms with van der Waals surface area (Å²) in [7, 11) is 3.40. The molecular weight excluding hydrogens is 304 g/mol. The average Bonchev–Trinajstić information content (AvgIpc) is 2.89. The Balaban J connectivity index is 1.75. The van der Waals surface area contributed by atoms with Gasteiger partial charge in [-0.25, -0.2) is 4.98 Å². The summed E-state index contributed by atoms with van der Waals surface area (Å²) in [6.45, 7) is 0. The summed E-state index contributed by atoms with van der Waals surface area (Å²) in [5.41, 5.74) is 2.61. The fourth-order valence-electron chi connectivity index (χ4n) is 2.57. The molecule has 0 aliphatic heterocycles. The number of para-hydroxylation sites is 2. The Morgan fingerprint density at radius 2 is 2.08 bits per heavy atom. The summed E-state index contributed by atoms with van der Waals surface area (Å²) in [4.78, 5) is 16.7. The number of phenolic OH excluding ortho intramolecular Hbond substituents is 1. The largest absolute Gasteiger partial charge is 0.504 e. The molecular formula is C19H18N2O3. The molecule has 1 aromatic heterocycles. The molecule has 0 amide bonds. The molecule has 0 aliphatic rings. The van der Waals surface area contributed by atoms with Gasteiger partial charge in [-0.3, -0.25) is 4.79 Å². The van der Waals surface area contributed by atoms with Crippen molar-refractivity contribution in [2.45, 2.75) is 6.42 Å². The van der Waals surface area contributed by atoms with Crippen molar-refractivity contribution in [1.82, 2.24) is 9.55 Å². The van der Waals surface area contributed by atoms with E-state index < -0.39 is 0 Å². The lowest BCUT2D eigenvalue weighted by Gasteiger charge is -2.03. The van der Waals surface area contributed by atoms with Crippen LogP contribution in [0.4, 0.5) is 0 Å². The molecule has 0 bridgehead atoms. The number of aromatic nitrogens is 2. The number of hydrogen-bond acceptors (Lipinski definition) is 4. The van der Waals surface area contributed by atoms with Gasteiger partial charge in [0.1, 0.15) is 5.82 Å². The maximum absolute atomic E-state index is 12.2. The van der Waals surface area contributed by atoms with Crippen LogP contribution in [0.1, 0.15) is 11.4 Å². The zero-order chi connectivity index (χ0) is 17.1. The van der Waals surface area contributed by atoms with Gasteiger partial charge in [-0.15, -0.1) is 0 Å². The van der Waals surface area contributed by atoms with Crippen molar-refractivity contribution in [3.8, 4) is 11.5 Å². The van der Waals surface area contributed by atoms with Crippen molar-refractivity contribution in [2.75, 3.05) is 7.11 Å². The molecule has 0 unspecified atom stereocenters. The molecule has 5 nitrogen and oxygen atoms in total. The molecule has 3 aromatic rings. The number of allylic oxidation sites excluding steroid dienone is 1. The van der Waals surface area contributed by atoms with E-state index in [4.69, 9.17) is 4.74 Å². The van der Waals surface area contributed by atoms with Gasteiger partial charge in [0.25, 0.3) is 0 Å². The first kappa shape index (κ1) is 15.8. The molecule has 0 saturated carbocycles. The molecule has 0 atom stereocenters. The van der Waals surface area contributed by atoms with Crippen LogP contribution in [0, 0.1) is 0 Å². The molecule has 0 saturated heterocycles. The third-order valence-corrected chi connectivity index (χ3v) is 3.88. The predicted molar refractivity (Wildman–Crippen MR) is 93.1 cm³/mol. The SMILES string of the molecule is COc1ccc(/C=C/C(=O)Cc2nc3ccccc3n2C)cc1O. The number of imidazole rings is 1. The Bertz CT molecular complexity index is 926. The van der Waals surface area contributed by atoms with Gasteiger partial charge in [0.2, 0.25) is 0 Å². The smallest absolute Gasteiger partial charge is 0.163 e. The summed E-state index contributed by atoms with van der Waals surface area (Å²) >= 11 is 0. The van der Waals surface area contributed by atoms with Crippen molar-refractivity contribution in [3.05, 3.63) is 59.9 Å². The standard InChI is InChI=1S/C19H18N2O3/c1-21-16-6-4-3-5-15(16)20-19(21)12-14(22)9-7-13-8-10-18(24-2)17(23)11-13/h3-11,23H,12H2,1-2H3/b9-7+. The first-order chi connectivity index (χ1) is 11.6. The number of nitrogens with zero attached hydrogens (tertiary/aromatic N) is 2. The maximum Gasteiger partial charge on any atom is 0.163 e. The number of phenols is 1. The minimum atomic E-state index is -0.0521. The van der Waals surface area contributed by atoms with Gasteiger partial charge in [0, 0.05) is 7.05 Å². The third kappa shape index (κ3) is 3.15. The normalized spacial score (nSPS) is 11.2. The summed E-state index contributed by atoms with van der Waals surface area (Å²) in [5, 5.41) is 9.75. The summed E-state index contributed by atoms with van der Waals surface area (Å²) in [6.07, 6.45) is 3.40. The second-order valence-corrected chi connectivity index (χ2v) is 5.48. The van der Waals surface area contributed by atoms with Crippen LogP contribution in [-0.2, 0) is 18.3 Å². The van der Waals surface area contributed by atoms with E-state index in [-0.39, 0.29) is 18.0 Å². The predicted octanol–water partition coefficient (Wildman–Crippen LogP) is 3.11. The number of aryl methyl sites for hydroxylation is 1. The van der Waals surface area contributed by atoms with Crippen molar-refractivity contribution < 1.29 is 14.6 Å². The molecule has 0 spiro atoms. The lowest BCUT2D eigenvalue weighted by Crippen LogP contribution is -2.05. The van der Waals surface area contributed by atoms with Gasteiger partial charge in [-0.1, -0.05) is 24.3 Å². The second kappa shape index (κ2) is 6.58. The fraction of sp³-hybridized carbons (Fsp3) is 0.158. The highest BCUT2D eigenvalue weighted by atomic mass is 16.5. The summed E-state index contributed by atoms with van der Waals surface area (Å²) in [6, 6.07) is 12.8. The molecule has 2 aromatic carbocycles. The quantitative estimate of drug-likeness (QED) is 0.733. The van der Waals surface area contributed by atoms with Gasteiger partial charge in [0.15, 0.2) is 17.3 Å². The Kier molecular flexibility index (Phi) is 4.33. The number of rotatable bonds is 5. The zero-order valence-corrected chi connectivity index (χ0v) is 13.6. The number of ketones is 1. The number of benzene rings is 2. The van der Waals surface area contributed by atoms with Crippen LogP contribution in [0.15, 0.2) is 48.5 Å². The van der Waals surface area contributed by atoms with E-state index in [2.05, 4.69) is 4.98 Å². The van der Waals surface area contributed by atoms with Gasteiger partial charge in [0.05, 0.1) is 24.6 Å². The maximum atomic E-state index is 12.2. The van der Waals surface area contributed by atoms with E-state index in [0.29, 0.717) is 5.75 Å². The lowest BCUT2D eigenvalue weighted by molar-refractivity contribution is -0.114. The van der Waals surface area contributed by atoms with Crippen LogP contribution in [0.2, 0.25) is 0 Å². The number of carbonyl (C=O) groups excluding carboxylic acids is 1. The summed E-state index contributed by atoms with van der Waals surface area (Å²) in [5.74, 6) is 1.12. The molecule has 122 valence electrons. The molecule has 5 heteroatoms. The molecule has 24 heavy (non-hydrogen) atoms. The molecule has 0 aliphatic carbocycles. The van der Waals surface area contributed by atoms with E-state index in [1.807, 2.05) is 35.9 Å². The van der Waals surface area contributed by atoms with Crippen LogP contribution < -0.4 is 4.74 Å². The Morgan fingerprint density at radius 3 is 2.79 bits per heavy atom. The van der Waals surface area contributed by atoms with E-state index >= 15 is 0 Å². The number of ether oxygens (including phenoxy) is 1. The van der Waals surface area contributed by atoms with Gasteiger partial charge >= 0.3 is 0 Å². The van der Waals surface area contributed by atoms with Gasteiger partial charge in [-0.2, -0.15) is 0 Å². The second-order valence-electron chi connectivity index (χ2n) is 5.48. The average molecular weight is 322 g/mol. The van der Waals surface area contributed by atoms with Crippen LogP contribution in [0.3, 0.4) is 0 Å². The number of methoxy groups -OCH3 is 1. The highest BCUT2D eigenvalue weighted by Gasteiger charge is 2.10. The van der Waals surface area contributed by atoms with Crippen molar-refractivity contribution in [3.63, 3.8) is 0 Å². The molecule has 3 rings (SSSR count). The van der Waals surface area contributed by atoms with Crippen LogP contribution in [-0.4, -0.2) is 27.6 Å². The lowest BCUT2D eigenvalue weighted by atomic mass is 10.1. The molecule has 1 heterocycles. The van der Waals surface area contributed by atoms with Crippen molar-refractivity contribution in [2.24, 2.45) is 7.05 Å². The van der Waals surface area contributed by atoms with Crippen LogP contribution in [0.5, 0.6) is 11.5 Å². The molecule has 0 fully saturated rings. The van der Waals surface area contributed by atoms with Crippen molar-refractivity contribution in [1.29, 1.82) is 0 Å². The third-order valence-electron chi connectivity index (χ3n) is 3.88. The minimum Gasteiger partial charge on any atom is -0.504 e. The van der Waals surface area contributed by atoms with Crippen molar-refractivity contribution >= 4 is 22.9 Å². The highest BCUT2D eigenvalue weighted by Crippen LogP contribution is 2.26. The minimum absolute atomic E-state index is 0.0439. The first-order valence-electron chi connectivity index (χ1n) is 7.56. The number of aromatic hydroxyl groups is 1. The summed E-state index contributed by atoms with van der Waals surface area (Å²) < 4.78 is 6.93. The molecule has 0 radical (unpaired) electrons. The zero-order valence-electron chi connectivity index (χ0n) is 13.6. The van der Waals surface area contributed by atoms with E-state index in [1.54, 1.807) is 24.3 Å². The monoisotopic (exact) mass is 322 g/mol. The Morgan fingerprint density at radius 1 is 1.29 bits per heavy atom. The highest BCUT2D eigenvalue weighted by molar-refractivity contribution is 5.95. The van der Waals surface area contributed by atoms with Gasteiger partial charge < -0.3 is 14.4 Å². The molecule has 1 N–H and O–H groups in total. The van der Waals surface area contributed by atoms with E-state index in [9.17, 15) is 9.90 Å². The van der Waals surface area contributed by atoms with E-state index in [0.717, 1.165) is 22.4 Å². The van der Waals surface area contributed by atoms with Gasteiger partial charge in [-0.05, 0) is 35.9 Å². The van der Waals surface area contributed by atoms with Crippen LogP contribution in [0.25, 0.3) is 17.1 Å².